The van der Waals surface area contributed by atoms with Gasteiger partial charge in [0.05, 0.1) is 37.5 Å². The van der Waals surface area contributed by atoms with Gasteiger partial charge in [-0.15, -0.1) is 5.11 Å². The molecule has 0 unspecified atom stereocenters. The summed E-state index contributed by atoms with van der Waals surface area (Å²) in [6, 6.07) is 24.2. The van der Waals surface area contributed by atoms with Crippen LogP contribution in [-0.2, 0) is 0 Å². The predicted molar refractivity (Wildman–Crippen MR) is 252 cm³/mol. The maximum Gasteiger partial charge on any atom is 0.303 e. The number of nitrogens with zero attached hydrogens (tertiary/aromatic N) is 14. The minimum atomic E-state index is -0.731. The summed E-state index contributed by atoms with van der Waals surface area (Å²) in [5.41, 5.74) is 12.8. The minimum Gasteiger partial charge on any atom is -0.375 e. The molecule has 0 bridgehead atoms. The highest BCUT2D eigenvalue weighted by atomic mass is 16.6. The molecule has 26 nitrogen and oxygen atoms in total. The zero-order valence-electron chi connectivity index (χ0n) is 37.1. The third kappa shape index (κ3) is 16.5. The van der Waals surface area contributed by atoms with Crippen molar-refractivity contribution < 1.29 is 19.7 Å². The zero-order chi connectivity index (χ0) is 49.0. The van der Waals surface area contributed by atoms with Crippen LogP contribution in [0.1, 0.15) is 30.1 Å². The number of hydrogen-bond donors (Lipinski definition) is 4. The van der Waals surface area contributed by atoms with Crippen LogP contribution in [0.5, 0.6) is 0 Å². The number of nitrogens with two attached hydrogens (primary N) is 2. The molecule has 0 saturated carbocycles. The van der Waals surface area contributed by atoms with Gasteiger partial charge in [0, 0.05) is 69.3 Å². The Hall–Kier alpha value is -9.10. The molecule has 0 saturated heterocycles. The highest BCUT2D eigenvalue weighted by Crippen LogP contribution is 2.33. The first-order chi connectivity index (χ1) is 31.9. The minimum absolute atomic E-state index is 0.0700. The van der Waals surface area contributed by atoms with Crippen LogP contribution < -0.4 is 31.9 Å². The van der Waals surface area contributed by atoms with Crippen molar-refractivity contribution in [2.45, 2.75) is 33.6 Å². The number of hydrogen-bond acceptors (Lipinski definition) is 22. The maximum atomic E-state index is 11.2. The van der Waals surface area contributed by atoms with Gasteiger partial charge in [-0.3, -0.25) is 40.5 Å². The molecule has 67 heavy (non-hydrogen) atoms. The lowest BCUT2D eigenvalue weighted by Gasteiger charge is -2.19. The van der Waals surface area contributed by atoms with Crippen LogP contribution in [0.15, 0.2) is 101 Å². The normalized spacial score (nSPS) is 10.5. The number of aryl methyl sites for hydroxylation is 3. The molecule has 6 rings (SSSR count). The van der Waals surface area contributed by atoms with E-state index in [4.69, 9.17) is 11.5 Å². The van der Waals surface area contributed by atoms with E-state index in [2.05, 4.69) is 79.7 Å². The highest BCUT2D eigenvalue weighted by molar-refractivity contribution is 5.62. The highest BCUT2D eigenvalue weighted by Gasteiger charge is 2.20. The first-order valence-corrected chi connectivity index (χ1v) is 20.2. The lowest BCUT2D eigenvalue weighted by Crippen LogP contribution is -2.21. The number of nitrogens with one attached hydrogen (secondary N) is 2. The lowest BCUT2D eigenvalue weighted by molar-refractivity contribution is -0.394. The molecule has 0 fully saturated rings. The zero-order valence-corrected chi connectivity index (χ0v) is 37.1. The number of nitrogen functional groups attached to an aromatic ring is 2. The maximum absolute atomic E-state index is 11.2. The predicted octanol–water partition coefficient (Wildman–Crippen LogP) is 7.44. The van der Waals surface area contributed by atoms with E-state index in [1.165, 1.54) is 30.8 Å². The van der Waals surface area contributed by atoms with Crippen LogP contribution >= 0.6 is 0 Å². The summed E-state index contributed by atoms with van der Waals surface area (Å²) in [6.07, 6.45) is 1.79. The van der Waals surface area contributed by atoms with E-state index in [0.29, 0.717) is 41.3 Å². The van der Waals surface area contributed by atoms with Gasteiger partial charge in [0.1, 0.15) is 11.6 Å². The van der Waals surface area contributed by atoms with E-state index >= 15 is 0 Å². The van der Waals surface area contributed by atoms with Gasteiger partial charge in [0.25, 0.3) is 17.1 Å². The Labute approximate surface area is 382 Å². The third-order valence-electron chi connectivity index (χ3n) is 9.16. The van der Waals surface area contributed by atoms with E-state index in [9.17, 15) is 40.5 Å². The van der Waals surface area contributed by atoms with Crippen molar-refractivity contribution in [3.05, 3.63) is 149 Å². The van der Waals surface area contributed by atoms with Gasteiger partial charge < -0.3 is 31.9 Å². The molecule has 2 aromatic heterocycles. The van der Waals surface area contributed by atoms with E-state index in [-0.39, 0.29) is 34.6 Å². The average molecular weight is 921 g/mol. The van der Waals surface area contributed by atoms with E-state index in [1.54, 1.807) is 26.0 Å². The second-order valence-corrected chi connectivity index (χ2v) is 14.3. The fourth-order valence-corrected chi connectivity index (χ4v) is 5.79. The monoisotopic (exact) mass is 920 g/mol. The third-order valence-corrected chi connectivity index (χ3v) is 9.16. The number of azo groups is 1. The molecule has 0 amide bonds. The number of para-hydroxylation sites is 1. The molecule has 0 aliphatic carbocycles. The van der Waals surface area contributed by atoms with Crippen LogP contribution in [0.25, 0.3) is 0 Å². The molecular weight excluding hydrogens is 873 g/mol. The molecule has 6 N–H and O–H groups in total. The molecular formula is C41H48N18O8. The van der Waals surface area contributed by atoms with E-state index < -0.39 is 25.4 Å². The number of non-ortho nitro benzene ring substituents is 2. The number of benzene rings is 4. The van der Waals surface area contributed by atoms with Crippen molar-refractivity contribution in [1.29, 1.82) is 0 Å². The van der Waals surface area contributed by atoms with Crippen molar-refractivity contribution in [3.8, 4) is 0 Å². The largest absolute Gasteiger partial charge is 0.375 e. The van der Waals surface area contributed by atoms with Crippen LogP contribution in [0.4, 0.5) is 69.3 Å². The number of rotatable bonds is 18. The summed E-state index contributed by atoms with van der Waals surface area (Å²) in [7, 11) is 4.03. The standard InChI is InChI=1S/C20H22N10O4.C14H20N6.C7H6N2O4/c1-13-23-19(21)25-20(24-13)22-10-3-11-28(2)15-6-4-14(5-7-15)26-27-17-9-8-16(29(31)32)12-18(17)30(33)34;1-11-17-13(15)19-14(18-11)16-9-6-10-20(2)12-7-4-3-5-8-12;1-5-2-3-6(8(10)11)4-7(5)9(12)13/h4-9,12H,3,10-11H2,1-2H3,(H3,21,22,23,24,25);3-5,7-8H,6,9-10H2,1-2H3,(H3,15,16,17,18,19);2-4H,1H3. The summed E-state index contributed by atoms with van der Waals surface area (Å²) >= 11 is 0. The SMILES string of the molecule is Cc1ccc([N+](=O)[O-])cc1[N+](=O)[O-].Cc1nc(N)nc(NCCCN(C)c2ccc(N=Nc3ccc([N+](=O)[O-])cc3[N+](=O)[O-])cc2)n1.Cc1nc(N)nc(NCCCN(C)c2ccccc2)n1. The number of anilines is 6. The Morgan fingerprint density at radius 1 is 0.552 bits per heavy atom. The molecule has 350 valence electrons. The Morgan fingerprint density at radius 3 is 1.48 bits per heavy atom. The van der Waals surface area contributed by atoms with Crippen LogP contribution in [0.2, 0.25) is 0 Å². The smallest absolute Gasteiger partial charge is 0.303 e. The van der Waals surface area contributed by atoms with Gasteiger partial charge >= 0.3 is 5.69 Å². The molecule has 0 aliphatic rings. The second kappa shape index (κ2) is 24.7. The molecule has 2 heterocycles. The van der Waals surface area contributed by atoms with Crippen LogP contribution in [0, 0.1) is 61.2 Å². The van der Waals surface area contributed by atoms with Gasteiger partial charge in [-0.1, -0.05) is 18.2 Å². The molecule has 26 heteroatoms. The summed E-state index contributed by atoms with van der Waals surface area (Å²) in [5.74, 6) is 2.58. The first kappa shape index (κ1) is 50.5. The summed E-state index contributed by atoms with van der Waals surface area (Å²) in [4.78, 5) is 68.5. The van der Waals surface area contributed by atoms with Crippen molar-refractivity contribution in [2.24, 2.45) is 10.2 Å². The average Bonchev–Trinajstić information content (AvgIpc) is 3.28. The van der Waals surface area contributed by atoms with Gasteiger partial charge in [0.2, 0.25) is 23.8 Å². The van der Waals surface area contributed by atoms with Gasteiger partial charge in [-0.05, 0) is 82.1 Å². The van der Waals surface area contributed by atoms with Gasteiger partial charge in [-0.2, -0.15) is 35.0 Å². The van der Waals surface area contributed by atoms with Crippen LogP contribution in [0.3, 0.4) is 0 Å². The van der Waals surface area contributed by atoms with Crippen molar-refractivity contribution in [2.75, 3.05) is 72.2 Å². The second-order valence-electron chi connectivity index (χ2n) is 14.3. The molecule has 6 aromatic rings. The summed E-state index contributed by atoms with van der Waals surface area (Å²) in [6.45, 7) is 8.22. The molecule has 0 radical (unpaired) electrons. The van der Waals surface area contributed by atoms with Crippen molar-refractivity contribution in [3.63, 3.8) is 0 Å². The Morgan fingerprint density at radius 2 is 1.01 bits per heavy atom. The summed E-state index contributed by atoms with van der Waals surface area (Å²) in [5, 5.41) is 56.9. The van der Waals surface area contributed by atoms with Crippen LogP contribution in [-0.4, -0.2) is 89.9 Å². The Bertz CT molecular complexity index is 2640. The van der Waals surface area contributed by atoms with Gasteiger partial charge in [0.15, 0.2) is 5.69 Å². The molecule has 0 atom stereocenters. The lowest BCUT2D eigenvalue weighted by atomic mass is 10.2. The number of nitro benzene ring substituents is 4. The number of nitro groups is 4. The van der Waals surface area contributed by atoms with Gasteiger partial charge in [-0.25, -0.2) is 0 Å². The van der Waals surface area contributed by atoms with E-state index in [0.717, 1.165) is 56.4 Å². The molecule has 0 aliphatic heterocycles. The fraction of sp³-hybridized carbons (Fsp3) is 0.268. The fourth-order valence-electron chi connectivity index (χ4n) is 5.79. The molecule has 4 aromatic carbocycles. The van der Waals surface area contributed by atoms with Crippen molar-refractivity contribution in [1.82, 2.24) is 29.9 Å². The molecule has 0 spiro atoms. The van der Waals surface area contributed by atoms with E-state index in [1.807, 2.05) is 37.4 Å². The Balaban J connectivity index is 0.000000249. The summed E-state index contributed by atoms with van der Waals surface area (Å²) < 4.78 is 0. The Kier molecular flexibility index (Phi) is 18.6. The first-order valence-electron chi connectivity index (χ1n) is 20.2. The quantitative estimate of drug-likeness (QED) is 0.0281. The topological polar surface area (TPSA) is 357 Å². The number of aromatic nitrogens is 6. The van der Waals surface area contributed by atoms with Crippen molar-refractivity contribution >= 4 is 69.3 Å².